The van der Waals surface area contributed by atoms with Crippen molar-refractivity contribution in [2.75, 3.05) is 51.9 Å². The molecular weight excluding hydrogens is 491 g/mol. The highest BCUT2D eigenvalue weighted by Crippen LogP contribution is 2.35. The Kier molecular flexibility index (Phi) is 9.13. The van der Waals surface area contributed by atoms with E-state index in [1.54, 1.807) is 18.2 Å². The second kappa shape index (κ2) is 12.0. The first-order chi connectivity index (χ1) is 16.4. The summed E-state index contributed by atoms with van der Waals surface area (Å²) in [5.41, 5.74) is 0.829. The first-order valence-electron chi connectivity index (χ1n) is 10.7. The van der Waals surface area contributed by atoms with Crippen molar-refractivity contribution in [3.8, 4) is 17.2 Å². The number of fused-ring (bicyclic) bond motifs is 1. The van der Waals surface area contributed by atoms with Gasteiger partial charge in [0, 0.05) is 37.5 Å². The molecule has 35 heavy (non-hydrogen) atoms. The van der Waals surface area contributed by atoms with Crippen LogP contribution in [0.15, 0.2) is 36.4 Å². The number of morpholine rings is 1. The second-order valence-electron chi connectivity index (χ2n) is 7.51. The summed E-state index contributed by atoms with van der Waals surface area (Å²) in [7, 11) is 1.52. The van der Waals surface area contributed by atoms with E-state index in [0.717, 1.165) is 39.3 Å². The standard InChI is InChI=1S/C22H24F3N5O4.ClH/c1-31-19-13-17-18(14-20(19)33-9-3-6-30-7-10-32-11-8-30)27-29-28-21(17)26-15-4-2-5-16(12-15)34-22(23,24)25;/h2,4-5,12-14H,3,6-11H2,1H3,(H,26,27,28);1H. The van der Waals surface area contributed by atoms with Gasteiger partial charge in [-0.05, 0) is 29.8 Å². The normalized spacial score (nSPS) is 14.3. The van der Waals surface area contributed by atoms with E-state index >= 15 is 0 Å². The van der Waals surface area contributed by atoms with Crippen LogP contribution in [0.2, 0.25) is 0 Å². The van der Waals surface area contributed by atoms with Crippen LogP contribution in [0.25, 0.3) is 10.9 Å². The van der Waals surface area contributed by atoms with Crippen LogP contribution in [-0.2, 0) is 4.74 Å². The number of hydrogen-bond donors (Lipinski definition) is 1. The number of rotatable bonds is 9. The molecule has 2 heterocycles. The zero-order valence-electron chi connectivity index (χ0n) is 18.9. The molecule has 0 saturated carbocycles. The molecule has 0 unspecified atom stereocenters. The maximum atomic E-state index is 12.5. The average molecular weight is 516 g/mol. The highest BCUT2D eigenvalue weighted by atomic mass is 35.5. The molecule has 9 nitrogen and oxygen atoms in total. The van der Waals surface area contributed by atoms with Gasteiger partial charge in [0.25, 0.3) is 0 Å². The molecule has 4 rings (SSSR count). The Morgan fingerprint density at radius 2 is 1.89 bits per heavy atom. The zero-order chi connectivity index (χ0) is 24.0. The maximum absolute atomic E-state index is 12.5. The number of alkyl halides is 3. The number of nitrogens with zero attached hydrogens (tertiary/aromatic N) is 4. The van der Waals surface area contributed by atoms with Crippen LogP contribution in [0.1, 0.15) is 6.42 Å². The molecule has 13 heteroatoms. The molecule has 0 bridgehead atoms. The Bertz CT molecular complexity index is 1120. The molecule has 1 aliphatic rings. The second-order valence-corrected chi connectivity index (χ2v) is 7.51. The SMILES string of the molecule is COc1cc2c(Nc3cccc(OC(F)(F)F)c3)nnnc2cc1OCCCN1CCOCC1.Cl. The average Bonchev–Trinajstić information content (AvgIpc) is 2.81. The largest absolute Gasteiger partial charge is 0.573 e. The van der Waals surface area contributed by atoms with Crippen LogP contribution in [0.3, 0.4) is 0 Å². The van der Waals surface area contributed by atoms with Gasteiger partial charge >= 0.3 is 6.36 Å². The maximum Gasteiger partial charge on any atom is 0.573 e. The molecule has 0 spiro atoms. The molecule has 1 fully saturated rings. The van der Waals surface area contributed by atoms with Gasteiger partial charge in [0.2, 0.25) is 0 Å². The highest BCUT2D eigenvalue weighted by molar-refractivity contribution is 5.92. The molecule has 3 aromatic rings. The number of nitrogens with one attached hydrogen (secondary N) is 1. The summed E-state index contributed by atoms with van der Waals surface area (Å²) < 4.78 is 58.3. The van der Waals surface area contributed by atoms with Gasteiger partial charge in [-0.1, -0.05) is 6.07 Å². The monoisotopic (exact) mass is 515 g/mol. The van der Waals surface area contributed by atoms with Crippen molar-refractivity contribution in [2.24, 2.45) is 0 Å². The molecule has 0 atom stereocenters. The van der Waals surface area contributed by atoms with Crippen LogP contribution in [0, 0.1) is 0 Å². The lowest BCUT2D eigenvalue weighted by Gasteiger charge is -2.26. The fourth-order valence-electron chi connectivity index (χ4n) is 3.56. The van der Waals surface area contributed by atoms with Crippen molar-refractivity contribution in [1.29, 1.82) is 0 Å². The van der Waals surface area contributed by atoms with E-state index in [9.17, 15) is 13.2 Å². The fourth-order valence-corrected chi connectivity index (χ4v) is 3.56. The van der Waals surface area contributed by atoms with Gasteiger partial charge in [0.15, 0.2) is 17.3 Å². The van der Waals surface area contributed by atoms with Gasteiger partial charge in [-0.15, -0.1) is 35.8 Å². The number of aromatic nitrogens is 3. The number of benzene rings is 2. The van der Waals surface area contributed by atoms with Crippen molar-refractivity contribution in [2.45, 2.75) is 12.8 Å². The van der Waals surface area contributed by atoms with E-state index in [1.165, 1.54) is 25.3 Å². The van der Waals surface area contributed by atoms with E-state index in [0.29, 0.717) is 40.5 Å². The smallest absolute Gasteiger partial charge is 0.493 e. The molecular formula is C22H25ClF3N5O4. The Labute approximate surface area is 205 Å². The molecule has 1 saturated heterocycles. The van der Waals surface area contributed by atoms with Crippen LogP contribution in [0.5, 0.6) is 17.2 Å². The Hall–Kier alpha value is -3.09. The summed E-state index contributed by atoms with van der Waals surface area (Å²) in [6, 6.07) is 8.84. The van der Waals surface area contributed by atoms with Crippen LogP contribution >= 0.6 is 12.4 Å². The summed E-state index contributed by atoms with van der Waals surface area (Å²) in [5, 5.41) is 15.3. The van der Waals surface area contributed by atoms with Crippen LogP contribution in [0.4, 0.5) is 24.7 Å². The minimum absolute atomic E-state index is 0. The van der Waals surface area contributed by atoms with Crippen molar-refractivity contribution in [1.82, 2.24) is 20.3 Å². The number of methoxy groups -OCH3 is 1. The minimum Gasteiger partial charge on any atom is -0.493 e. The lowest BCUT2D eigenvalue weighted by Crippen LogP contribution is -2.37. The fraction of sp³-hybridized carbons (Fsp3) is 0.409. The molecule has 0 aliphatic carbocycles. The van der Waals surface area contributed by atoms with Crippen molar-refractivity contribution < 1.29 is 32.1 Å². The predicted octanol–water partition coefficient (Wildman–Crippen LogP) is 4.20. The van der Waals surface area contributed by atoms with E-state index in [1.807, 2.05) is 0 Å². The molecule has 0 radical (unpaired) electrons. The topological polar surface area (TPSA) is 90.9 Å². The highest BCUT2D eigenvalue weighted by Gasteiger charge is 2.31. The van der Waals surface area contributed by atoms with E-state index < -0.39 is 6.36 Å². The Balaban J connectivity index is 0.00000342. The van der Waals surface area contributed by atoms with Crippen LogP contribution in [-0.4, -0.2) is 73.2 Å². The number of halogens is 4. The van der Waals surface area contributed by atoms with Crippen molar-refractivity contribution >= 4 is 34.8 Å². The Morgan fingerprint density at radius 3 is 2.63 bits per heavy atom. The summed E-state index contributed by atoms with van der Waals surface area (Å²) in [4.78, 5) is 2.33. The third kappa shape index (κ3) is 7.44. The van der Waals surface area contributed by atoms with E-state index in [2.05, 4.69) is 30.4 Å². The molecule has 1 aromatic heterocycles. The third-order valence-corrected chi connectivity index (χ3v) is 5.14. The first kappa shape index (κ1) is 26.5. The Morgan fingerprint density at radius 1 is 1.09 bits per heavy atom. The molecule has 1 N–H and O–H groups in total. The van der Waals surface area contributed by atoms with Gasteiger partial charge in [0.05, 0.1) is 32.3 Å². The summed E-state index contributed by atoms with van der Waals surface area (Å²) >= 11 is 0. The zero-order valence-corrected chi connectivity index (χ0v) is 19.7. The van der Waals surface area contributed by atoms with Crippen molar-refractivity contribution in [3.63, 3.8) is 0 Å². The molecule has 2 aromatic carbocycles. The quantitative estimate of drug-likeness (QED) is 0.421. The molecule has 1 aliphatic heterocycles. The predicted molar refractivity (Wildman–Crippen MR) is 125 cm³/mol. The van der Waals surface area contributed by atoms with Gasteiger partial charge < -0.3 is 24.3 Å². The van der Waals surface area contributed by atoms with Gasteiger partial charge in [0.1, 0.15) is 11.3 Å². The number of anilines is 2. The van der Waals surface area contributed by atoms with Crippen molar-refractivity contribution in [3.05, 3.63) is 36.4 Å². The molecule has 0 amide bonds. The lowest BCUT2D eigenvalue weighted by molar-refractivity contribution is -0.274. The van der Waals surface area contributed by atoms with Gasteiger partial charge in [-0.2, -0.15) is 0 Å². The van der Waals surface area contributed by atoms with Gasteiger partial charge in [-0.25, -0.2) is 0 Å². The van der Waals surface area contributed by atoms with E-state index in [-0.39, 0.29) is 18.2 Å². The van der Waals surface area contributed by atoms with Crippen LogP contribution < -0.4 is 19.5 Å². The number of hydrogen-bond acceptors (Lipinski definition) is 9. The molecule has 190 valence electrons. The summed E-state index contributed by atoms with van der Waals surface area (Å²) in [6.45, 7) is 4.75. The third-order valence-electron chi connectivity index (χ3n) is 5.14. The lowest BCUT2D eigenvalue weighted by atomic mass is 10.2. The summed E-state index contributed by atoms with van der Waals surface area (Å²) in [6.07, 6.45) is -3.94. The van der Waals surface area contributed by atoms with Gasteiger partial charge in [-0.3, -0.25) is 4.90 Å². The van der Waals surface area contributed by atoms with E-state index in [4.69, 9.17) is 14.2 Å². The number of ether oxygens (including phenoxy) is 4. The first-order valence-corrected chi connectivity index (χ1v) is 10.7. The minimum atomic E-state index is -4.78. The summed E-state index contributed by atoms with van der Waals surface area (Å²) in [5.74, 6) is 0.940.